The Hall–Kier alpha value is -1.06. The van der Waals surface area contributed by atoms with Crippen molar-refractivity contribution in [2.24, 2.45) is 0 Å². The molecule has 0 atom stereocenters. The van der Waals surface area contributed by atoms with Crippen LogP contribution in [0.25, 0.3) is 0 Å². The van der Waals surface area contributed by atoms with E-state index in [9.17, 15) is 0 Å². The molecule has 0 radical (unpaired) electrons. The van der Waals surface area contributed by atoms with Crippen LogP contribution >= 0.6 is 0 Å². The molecule has 0 aliphatic rings. The lowest BCUT2D eigenvalue weighted by Gasteiger charge is -2.08. The largest absolute Gasteiger partial charge is 0.464 e. The smallest absolute Gasteiger partial charge is 0.316 e. The van der Waals surface area contributed by atoms with Crippen molar-refractivity contribution in [3.63, 3.8) is 0 Å². The molecular weight excluding hydrogens is 142 g/mol. The zero-order valence-electron chi connectivity index (χ0n) is 7.11. The van der Waals surface area contributed by atoms with Crippen LogP contribution < -0.4 is 4.74 Å². The Balaban J connectivity index is 2.78. The minimum absolute atomic E-state index is 0.353. The van der Waals surface area contributed by atoms with Crippen molar-refractivity contribution < 1.29 is 4.74 Å². The lowest BCUT2D eigenvalue weighted by molar-refractivity contribution is 0.289. The topological polar surface area (TPSA) is 39.9 Å². The molecule has 0 bridgehead atoms. The first-order valence-corrected chi connectivity index (χ1v) is 3.78. The molecule has 1 aromatic heterocycles. The van der Waals surface area contributed by atoms with E-state index in [4.69, 9.17) is 4.74 Å². The number of hydrogen-bond acceptors (Lipinski definition) is 3. The van der Waals surface area contributed by atoms with Crippen LogP contribution in [0.2, 0.25) is 0 Å². The van der Waals surface area contributed by atoms with Crippen LogP contribution in [-0.2, 0) is 0 Å². The summed E-state index contributed by atoms with van der Waals surface area (Å²) in [6, 6.07) is 0.953. The van der Waals surface area contributed by atoms with Gasteiger partial charge in [-0.3, -0.25) is 4.57 Å². The molecule has 1 aromatic rings. The highest BCUT2D eigenvalue weighted by molar-refractivity contribution is 4.93. The van der Waals surface area contributed by atoms with E-state index in [-0.39, 0.29) is 0 Å². The van der Waals surface area contributed by atoms with Crippen LogP contribution in [0, 0.1) is 0 Å². The van der Waals surface area contributed by atoms with E-state index < -0.39 is 0 Å². The molecule has 4 nitrogen and oxygen atoms in total. The molecule has 0 fully saturated rings. The summed E-state index contributed by atoms with van der Waals surface area (Å²) in [6.07, 6.45) is 1.68. The van der Waals surface area contributed by atoms with E-state index in [1.165, 1.54) is 0 Å². The van der Waals surface area contributed by atoms with Gasteiger partial charge in [0, 0.05) is 6.04 Å². The highest BCUT2D eigenvalue weighted by atomic mass is 16.5. The standard InChI is InChI=1S/C7H13N3O/c1-4-11-7-9-8-5-10(7)6(2)3/h5-6H,4H2,1-3H3. The fourth-order valence-corrected chi connectivity index (χ4v) is 0.819. The quantitative estimate of drug-likeness (QED) is 0.659. The maximum absolute atomic E-state index is 5.23. The third-order valence-electron chi connectivity index (χ3n) is 1.37. The zero-order chi connectivity index (χ0) is 8.27. The molecule has 1 rings (SSSR count). The summed E-state index contributed by atoms with van der Waals surface area (Å²) in [5.74, 6) is 0. The Morgan fingerprint density at radius 2 is 2.36 bits per heavy atom. The highest BCUT2D eigenvalue weighted by Gasteiger charge is 2.06. The third kappa shape index (κ3) is 1.69. The van der Waals surface area contributed by atoms with Crippen molar-refractivity contribution in [1.29, 1.82) is 0 Å². The van der Waals surface area contributed by atoms with Crippen molar-refractivity contribution in [2.75, 3.05) is 6.61 Å². The Kier molecular flexibility index (Phi) is 2.46. The Labute approximate surface area is 66.2 Å². The van der Waals surface area contributed by atoms with Gasteiger partial charge in [-0.2, -0.15) is 0 Å². The van der Waals surface area contributed by atoms with Gasteiger partial charge in [0.15, 0.2) is 0 Å². The summed E-state index contributed by atoms with van der Waals surface area (Å²) in [7, 11) is 0. The molecule has 0 aliphatic heterocycles. The highest BCUT2D eigenvalue weighted by Crippen LogP contribution is 2.12. The summed E-state index contributed by atoms with van der Waals surface area (Å²) in [4.78, 5) is 0. The van der Waals surface area contributed by atoms with E-state index in [1.54, 1.807) is 6.33 Å². The van der Waals surface area contributed by atoms with Gasteiger partial charge in [-0.1, -0.05) is 5.10 Å². The van der Waals surface area contributed by atoms with E-state index >= 15 is 0 Å². The van der Waals surface area contributed by atoms with Crippen LogP contribution in [0.1, 0.15) is 26.8 Å². The molecule has 4 heteroatoms. The van der Waals surface area contributed by atoms with Gasteiger partial charge >= 0.3 is 6.01 Å². The van der Waals surface area contributed by atoms with Gasteiger partial charge in [0.05, 0.1) is 6.61 Å². The first kappa shape index (κ1) is 8.04. The minimum atomic E-state index is 0.353. The summed E-state index contributed by atoms with van der Waals surface area (Å²) < 4.78 is 7.12. The van der Waals surface area contributed by atoms with E-state index in [2.05, 4.69) is 24.0 Å². The molecular formula is C7H13N3O. The first-order valence-electron chi connectivity index (χ1n) is 3.78. The SMILES string of the molecule is CCOc1nncn1C(C)C. The van der Waals surface area contributed by atoms with Crippen molar-refractivity contribution in [3.8, 4) is 6.01 Å². The molecule has 1 heterocycles. The van der Waals surface area contributed by atoms with Gasteiger partial charge in [-0.15, -0.1) is 5.10 Å². The second-order valence-electron chi connectivity index (χ2n) is 2.55. The minimum Gasteiger partial charge on any atom is -0.464 e. The predicted molar refractivity (Wildman–Crippen MR) is 41.6 cm³/mol. The van der Waals surface area contributed by atoms with Crippen LogP contribution in [0.3, 0.4) is 0 Å². The molecule has 0 aromatic carbocycles. The lowest BCUT2D eigenvalue weighted by atomic mass is 10.4. The number of hydrogen-bond donors (Lipinski definition) is 0. The van der Waals surface area contributed by atoms with Gasteiger partial charge in [0.2, 0.25) is 0 Å². The zero-order valence-corrected chi connectivity index (χ0v) is 7.11. The average molecular weight is 155 g/mol. The van der Waals surface area contributed by atoms with Crippen molar-refractivity contribution >= 4 is 0 Å². The lowest BCUT2D eigenvalue weighted by Crippen LogP contribution is -2.04. The normalized spacial score (nSPS) is 10.5. The second-order valence-corrected chi connectivity index (χ2v) is 2.55. The molecule has 0 aliphatic carbocycles. The van der Waals surface area contributed by atoms with Crippen molar-refractivity contribution in [1.82, 2.24) is 14.8 Å². The molecule has 0 saturated heterocycles. The van der Waals surface area contributed by atoms with Crippen molar-refractivity contribution in [2.45, 2.75) is 26.8 Å². The first-order chi connectivity index (χ1) is 5.25. The van der Waals surface area contributed by atoms with Gasteiger partial charge < -0.3 is 4.74 Å². The van der Waals surface area contributed by atoms with Crippen LogP contribution in [-0.4, -0.2) is 21.4 Å². The average Bonchev–Trinajstić information content (AvgIpc) is 2.36. The summed E-state index contributed by atoms with van der Waals surface area (Å²) >= 11 is 0. The van der Waals surface area contributed by atoms with E-state index in [0.29, 0.717) is 18.7 Å². The van der Waals surface area contributed by atoms with Gasteiger partial charge in [-0.25, -0.2) is 0 Å². The van der Waals surface area contributed by atoms with Crippen LogP contribution in [0.4, 0.5) is 0 Å². The Morgan fingerprint density at radius 3 is 2.91 bits per heavy atom. The van der Waals surface area contributed by atoms with Gasteiger partial charge in [0.1, 0.15) is 6.33 Å². The maximum Gasteiger partial charge on any atom is 0.316 e. The number of rotatable bonds is 3. The molecule has 62 valence electrons. The number of nitrogens with zero attached hydrogens (tertiary/aromatic N) is 3. The fraction of sp³-hybridized carbons (Fsp3) is 0.714. The Bertz CT molecular complexity index is 219. The molecule has 0 saturated carbocycles. The fourth-order valence-electron chi connectivity index (χ4n) is 0.819. The van der Waals surface area contributed by atoms with E-state index in [1.807, 2.05) is 11.5 Å². The third-order valence-corrected chi connectivity index (χ3v) is 1.37. The second kappa shape index (κ2) is 3.37. The molecule has 0 unspecified atom stereocenters. The van der Waals surface area contributed by atoms with Gasteiger partial charge in [0.25, 0.3) is 0 Å². The monoisotopic (exact) mass is 155 g/mol. The van der Waals surface area contributed by atoms with E-state index in [0.717, 1.165) is 0 Å². The van der Waals surface area contributed by atoms with Crippen molar-refractivity contribution in [3.05, 3.63) is 6.33 Å². The summed E-state index contributed by atoms with van der Waals surface area (Å²) in [5.41, 5.74) is 0. The predicted octanol–water partition coefficient (Wildman–Crippen LogP) is 1.26. The summed E-state index contributed by atoms with van der Waals surface area (Å²) in [5, 5.41) is 7.57. The van der Waals surface area contributed by atoms with Crippen LogP contribution in [0.15, 0.2) is 6.33 Å². The number of ether oxygens (including phenoxy) is 1. The molecule has 0 amide bonds. The van der Waals surface area contributed by atoms with Crippen LogP contribution in [0.5, 0.6) is 6.01 Å². The summed E-state index contributed by atoms with van der Waals surface area (Å²) in [6.45, 7) is 6.68. The maximum atomic E-state index is 5.23. The van der Waals surface area contributed by atoms with Gasteiger partial charge in [-0.05, 0) is 20.8 Å². The number of aromatic nitrogens is 3. The molecule has 0 N–H and O–H groups in total. The Morgan fingerprint density at radius 1 is 1.64 bits per heavy atom. The molecule has 0 spiro atoms. The molecule has 11 heavy (non-hydrogen) atoms.